The van der Waals surface area contributed by atoms with Crippen LogP contribution in [0.2, 0.25) is 0 Å². The second-order valence-corrected chi connectivity index (χ2v) is 8.16. The first kappa shape index (κ1) is 25.0. The summed E-state index contributed by atoms with van der Waals surface area (Å²) in [5.74, 6) is -0.822. The van der Waals surface area contributed by atoms with Crippen LogP contribution in [0.5, 0.6) is 11.5 Å². The van der Waals surface area contributed by atoms with Crippen molar-refractivity contribution in [1.29, 1.82) is 0 Å². The number of benzene rings is 2. The highest BCUT2D eigenvalue weighted by Crippen LogP contribution is 2.34. The lowest BCUT2D eigenvalue weighted by atomic mass is 10.2. The summed E-state index contributed by atoms with van der Waals surface area (Å²) in [6.45, 7) is -2.75. The SMILES string of the molecule is COc1cc(/C=C2\SC(=O)N(CCNC(=O)CN(C)c3ccccc3)C2=O)ccc1OC(F)F. The Bertz CT molecular complexity index is 1080. The van der Waals surface area contributed by atoms with Crippen LogP contribution in [0.15, 0.2) is 53.4 Å². The molecule has 180 valence electrons. The van der Waals surface area contributed by atoms with Crippen molar-refractivity contribution in [3.63, 3.8) is 0 Å². The third-order valence-corrected chi connectivity index (χ3v) is 5.72. The van der Waals surface area contributed by atoms with Crippen LogP contribution < -0.4 is 19.7 Å². The fourth-order valence-corrected chi connectivity index (χ4v) is 4.03. The van der Waals surface area contributed by atoms with E-state index in [1.807, 2.05) is 30.3 Å². The Hall–Kier alpha value is -3.60. The Morgan fingerprint density at radius 2 is 1.91 bits per heavy atom. The van der Waals surface area contributed by atoms with E-state index in [4.69, 9.17) is 4.74 Å². The Morgan fingerprint density at radius 1 is 1.18 bits per heavy atom. The van der Waals surface area contributed by atoms with Crippen LogP contribution in [-0.2, 0) is 9.59 Å². The Balaban J connectivity index is 1.56. The van der Waals surface area contributed by atoms with Gasteiger partial charge >= 0.3 is 6.61 Å². The molecule has 1 aliphatic heterocycles. The molecule has 2 aromatic carbocycles. The van der Waals surface area contributed by atoms with Crippen LogP contribution in [0.25, 0.3) is 6.08 Å². The molecule has 3 rings (SSSR count). The molecule has 0 aliphatic carbocycles. The molecule has 1 heterocycles. The summed E-state index contributed by atoms with van der Waals surface area (Å²) < 4.78 is 34.4. The minimum Gasteiger partial charge on any atom is -0.493 e. The Morgan fingerprint density at radius 3 is 2.59 bits per heavy atom. The number of hydrogen-bond acceptors (Lipinski definition) is 7. The van der Waals surface area contributed by atoms with Crippen LogP contribution in [0.4, 0.5) is 19.3 Å². The van der Waals surface area contributed by atoms with Crippen molar-refractivity contribution >= 4 is 40.6 Å². The molecule has 0 atom stereocenters. The molecular weight excluding hydrogens is 468 g/mol. The van der Waals surface area contributed by atoms with Crippen molar-refractivity contribution in [3.8, 4) is 11.5 Å². The Kier molecular flexibility index (Phi) is 8.47. The summed E-state index contributed by atoms with van der Waals surface area (Å²) in [7, 11) is 3.09. The van der Waals surface area contributed by atoms with E-state index in [1.54, 1.807) is 11.9 Å². The monoisotopic (exact) mass is 491 g/mol. The van der Waals surface area contributed by atoms with Crippen LogP contribution in [0.3, 0.4) is 0 Å². The maximum Gasteiger partial charge on any atom is 0.387 e. The van der Waals surface area contributed by atoms with Gasteiger partial charge in [0.1, 0.15) is 0 Å². The van der Waals surface area contributed by atoms with Crippen LogP contribution in [-0.4, -0.2) is 62.4 Å². The van der Waals surface area contributed by atoms with E-state index in [9.17, 15) is 23.2 Å². The van der Waals surface area contributed by atoms with E-state index in [0.717, 1.165) is 22.3 Å². The number of nitrogens with one attached hydrogen (secondary N) is 1. The van der Waals surface area contributed by atoms with E-state index in [1.165, 1.54) is 31.4 Å². The number of para-hydroxylation sites is 1. The molecule has 8 nitrogen and oxygen atoms in total. The van der Waals surface area contributed by atoms with E-state index in [0.29, 0.717) is 5.56 Å². The first-order valence-corrected chi connectivity index (χ1v) is 11.0. The van der Waals surface area contributed by atoms with Gasteiger partial charge in [0.15, 0.2) is 11.5 Å². The number of carbonyl (C=O) groups excluding carboxylic acids is 3. The molecule has 0 radical (unpaired) electrons. The lowest BCUT2D eigenvalue weighted by Gasteiger charge is -2.19. The summed E-state index contributed by atoms with van der Waals surface area (Å²) >= 11 is 0.757. The average molecular weight is 492 g/mol. The number of carbonyl (C=O) groups is 3. The van der Waals surface area contributed by atoms with Gasteiger partial charge in [-0.05, 0) is 47.7 Å². The lowest BCUT2D eigenvalue weighted by molar-refractivity contribution is -0.124. The molecule has 0 aromatic heterocycles. The van der Waals surface area contributed by atoms with E-state index < -0.39 is 17.8 Å². The topological polar surface area (TPSA) is 88.2 Å². The molecule has 3 amide bonds. The van der Waals surface area contributed by atoms with Crippen LogP contribution in [0, 0.1) is 0 Å². The molecule has 0 unspecified atom stereocenters. The van der Waals surface area contributed by atoms with Gasteiger partial charge in [0.25, 0.3) is 11.1 Å². The summed E-state index contributed by atoms with van der Waals surface area (Å²) in [5, 5.41) is 2.24. The number of alkyl halides is 2. The third kappa shape index (κ3) is 6.47. The summed E-state index contributed by atoms with van der Waals surface area (Å²) in [4.78, 5) is 40.2. The van der Waals surface area contributed by atoms with Gasteiger partial charge in [-0.3, -0.25) is 19.3 Å². The number of rotatable bonds is 10. The highest BCUT2D eigenvalue weighted by atomic mass is 32.2. The molecule has 34 heavy (non-hydrogen) atoms. The molecule has 1 fully saturated rings. The molecule has 11 heteroatoms. The van der Waals surface area contributed by atoms with E-state index in [-0.39, 0.29) is 41.9 Å². The van der Waals surface area contributed by atoms with Gasteiger partial charge < -0.3 is 19.7 Å². The zero-order chi connectivity index (χ0) is 24.7. The van der Waals surface area contributed by atoms with Crippen molar-refractivity contribution in [1.82, 2.24) is 10.2 Å². The Labute approximate surface area is 199 Å². The molecule has 0 spiro atoms. The number of likely N-dealkylation sites (N-methyl/N-ethyl adjacent to an activating group) is 1. The highest BCUT2D eigenvalue weighted by Gasteiger charge is 2.34. The smallest absolute Gasteiger partial charge is 0.387 e. The standard InChI is InChI=1S/C23H23F2N3O5S/c1-27(16-6-4-3-5-7-16)14-20(29)26-10-11-28-21(30)19(34-23(28)31)13-15-8-9-17(33-22(24)25)18(12-15)32-2/h3-9,12-13,22H,10-11,14H2,1-2H3,(H,26,29)/b19-13-. The number of amides is 3. The first-order chi connectivity index (χ1) is 16.3. The van der Waals surface area contributed by atoms with Crippen molar-refractivity contribution in [2.75, 3.05) is 38.7 Å². The highest BCUT2D eigenvalue weighted by molar-refractivity contribution is 8.18. The van der Waals surface area contributed by atoms with Gasteiger partial charge in [0, 0.05) is 25.8 Å². The predicted molar refractivity (Wildman–Crippen MR) is 125 cm³/mol. The number of thioether (sulfide) groups is 1. The molecule has 0 bridgehead atoms. The number of hydrogen-bond donors (Lipinski definition) is 1. The van der Waals surface area contributed by atoms with Gasteiger partial charge in [-0.15, -0.1) is 0 Å². The zero-order valence-corrected chi connectivity index (χ0v) is 19.3. The van der Waals surface area contributed by atoms with Gasteiger partial charge in [0.2, 0.25) is 5.91 Å². The van der Waals surface area contributed by atoms with Gasteiger partial charge in [-0.2, -0.15) is 8.78 Å². The first-order valence-electron chi connectivity index (χ1n) is 10.2. The maximum absolute atomic E-state index is 12.7. The second-order valence-electron chi connectivity index (χ2n) is 7.16. The maximum atomic E-state index is 12.7. The van der Waals surface area contributed by atoms with Crippen molar-refractivity contribution in [2.45, 2.75) is 6.61 Å². The molecule has 0 saturated carbocycles. The van der Waals surface area contributed by atoms with E-state index >= 15 is 0 Å². The van der Waals surface area contributed by atoms with Gasteiger partial charge in [-0.25, -0.2) is 0 Å². The number of ether oxygens (including phenoxy) is 2. The fourth-order valence-electron chi connectivity index (χ4n) is 3.16. The van der Waals surface area contributed by atoms with Gasteiger partial charge in [0.05, 0.1) is 18.6 Å². The second kappa shape index (κ2) is 11.5. The summed E-state index contributed by atoms with van der Waals surface area (Å²) in [5.41, 5.74) is 1.36. The number of anilines is 1. The van der Waals surface area contributed by atoms with Crippen molar-refractivity contribution in [2.24, 2.45) is 0 Å². The lowest BCUT2D eigenvalue weighted by Crippen LogP contribution is -2.40. The predicted octanol–water partition coefficient (Wildman–Crippen LogP) is 3.59. The van der Waals surface area contributed by atoms with Crippen molar-refractivity contribution < 1.29 is 32.6 Å². The van der Waals surface area contributed by atoms with Crippen LogP contribution >= 0.6 is 11.8 Å². The normalized spacial score (nSPS) is 14.6. The quantitative estimate of drug-likeness (QED) is 0.508. The number of imide groups is 1. The number of nitrogens with zero attached hydrogens (tertiary/aromatic N) is 2. The molecular formula is C23H23F2N3O5S. The van der Waals surface area contributed by atoms with Crippen molar-refractivity contribution in [3.05, 3.63) is 59.0 Å². The molecule has 1 aliphatic rings. The molecule has 1 N–H and O–H groups in total. The fraction of sp³-hybridized carbons (Fsp3) is 0.261. The molecule has 1 saturated heterocycles. The van der Waals surface area contributed by atoms with Crippen LogP contribution in [0.1, 0.15) is 5.56 Å². The largest absolute Gasteiger partial charge is 0.493 e. The summed E-state index contributed by atoms with van der Waals surface area (Å²) in [6, 6.07) is 13.6. The number of halogens is 2. The van der Waals surface area contributed by atoms with E-state index in [2.05, 4.69) is 10.1 Å². The third-order valence-electron chi connectivity index (χ3n) is 4.81. The van der Waals surface area contributed by atoms with Gasteiger partial charge in [-0.1, -0.05) is 24.3 Å². The minimum absolute atomic E-state index is 0.0211. The average Bonchev–Trinajstić information content (AvgIpc) is 3.07. The minimum atomic E-state index is -3.00. The zero-order valence-electron chi connectivity index (χ0n) is 18.5. The number of methoxy groups -OCH3 is 1. The summed E-state index contributed by atoms with van der Waals surface area (Å²) in [6.07, 6.45) is 1.47. The molecule has 2 aromatic rings.